The van der Waals surface area contributed by atoms with Crippen LogP contribution in [0.1, 0.15) is 39.5 Å². The number of rotatable bonds is 10. The second-order valence-electron chi connectivity index (χ2n) is 5.78. The van der Waals surface area contributed by atoms with E-state index in [1.54, 1.807) is 7.11 Å². The average molecular weight is 315 g/mol. The number of amides is 2. The second-order valence-corrected chi connectivity index (χ2v) is 5.78. The van der Waals surface area contributed by atoms with Crippen LogP contribution in [-0.4, -0.2) is 66.9 Å². The summed E-state index contributed by atoms with van der Waals surface area (Å²) in [4.78, 5) is 24.5. The lowest BCUT2D eigenvalue weighted by molar-refractivity contribution is -0.139. The molecule has 0 aromatic heterocycles. The van der Waals surface area contributed by atoms with Gasteiger partial charge < -0.3 is 20.5 Å². The van der Waals surface area contributed by atoms with E-state index in [-0.39, 0.29) is 30.8 Å². The normalized spacial score (nSPS) is 22.0. The summed E-state index contributed by atoms with van der Waals surface area (Å²) < 4.78 is 5.28. The summed E-state index contributed by atoms with van der Waals surface area (Å²) in [6.07, 6.45) is 3.59. The topological polar surface area (TPSA) is 90.9 Å². The number of aliphatic carboxylic acids is 1. The van der Waals surface area contributed by atoms with Crippen molar-refractivity contribution in [3.8, 4) is 0 Å². The standard InChI is InChI=1S/C15H29N3O4/c1-4-6-13(22-3)9-16-15(21)17-11-7-12(8-11)18(5-2)10-14(19)20/h11-13H,4-10H2,1-3H3,(H,19,20)(H2,16,17,21). The Bertz CT molecular complexity index is 359. The molecular weight excluding hydrogens is 286 g/mol. The molecule has 1 saturated carbocycles. The van der Waals surface area contributed by atoms with Crippen LogP contribution in [0.3, 0.4) is 0 Å². The first-order valence-electron chi connectivity index (χ1n) is 8.03. The van der Waals surface area contributed by atoms with Gasteiger partial charge in [-0.1, -0.05) is 20.3 Å². The molecule has 1 unspecified atom stereocenters. The predicted molar refractivity (Wildman–Crippen MR) is 83.9 cm³/mol. The highest BCUT2D eigenvalue weighted by Crippen LogP contribution is 2.25. The number of carbonyl (C=O) groups excluding carboxylic acids is 1. The summed E-state index contributed by atoms with van der Waals surface area (Å²) in [5.41, 5.74) is 0. The van der Waals surface area contributed by atoms with Gasteiger partial charge in [0.2, 0.25) is 0 Å². The molecule has 0 aromatic carbocycles. The van der Waals surface area contributed by atoms with E-state index in [1.807, 2.05) is 11.8 Å². The molecule has 1 rings (SSSR count). The van der Waals surface area contributed by atoms with Crippen LogP contribution in [0.2, 0.25) is 0 Å². The Hall–Kier alpha value is -1.34. The summed E-state index contributed by atoms with van der Waals surface area (Å²) in [5.74, 6) is -0.808. The van der Waals surface area contributed by atoms with Crippen molar-refractivity contribution in [1.82, 2.24) is 15.5 Å². The first-order chi connectivity index (χ1) is 10.5. The van der Waals surface area contributed by atoms with Crippen LogP contribution in [-0.2, 0) is 9.53 Å². The zero-order valence-electron chi connectivity index (χ0n) is 13.8. The van der Waals surface area contributed by atoms with E-state index in [4.69, 9.17) is 9.84 Å². The molecule has 2 amide bonds. The van der Waals surface area contributed by atoms with Crippen molar-refractivity contribution in [2.75, 3.05) is 26.7 Å². The maximum absolute atomic E-state index is 11.8. The molecule has 0 aliphatic heterocycles. The summed E-state index contributed by atoms with van der Waals surface area (Å²) in [6, 6.07) is 0.195. The number of carboxylic acids is 1. The summed E-state index contributed by atoms with van der Waals surface area (Å²) in [7, 11) is 1.65. The monoisotopic (exact) mass is 315 g/mol. The van der Waals surface area contributed by atoms with E-state index in [0.717, 1.165) is 25.7 Å². The molecule has 0 spiro atoms. The van der Waals surface area contributed by atoms with E-state index in [1.165, 1.54) is 0 Å². The minimum atomic E-state index is -0.808. The predicted octanol–water partition coefficient (Wildman–Crippen LogP) is 1.04. The lowest BCUT2D eigenvalue weighted by Gasteiger charge is -2.42. The van der Waals surface area contributed by atoms with Crippen molar-refractivity contribution >= 4 is 12.0 Å². The molecule has 0 aromatic rings. The molecule has 3 N–H and O–H groups in total. The van der Waals surface area contributed by atoms with Gasteiger partial charge in [0.1, 0.15) is 0 Å². The van der Waals surface area contributed by atoms with Gasteiger partial charge in [-0.3, -0.25) is 9.69 Å². The maximum Gasteiger partial charge on any atom is 0.317 e. The first kappa shape index (κ1) is 18.7. The molecule has 1 aliphatic rings. The average Bonchev–Trinajstić information content (AvgIpc) is 2.44. The summed E-state index contributed by atoms with van der Waals surface area (Å²) in [6.45, 7) is 5.31. The fraction of sp³-hybridized carbons (Fsp3) is 0.867. The van der Waals surface area contributed by atoms with Crippen LogP contribution in [0.25, 0.3) is 0 Å². The molecule has 1 fully saturated rings. The Morgan fingerprint density at radius 3 is 2.55 bits per heavy atom. The van der Waals surface area contributed by atoms with Gasteiger partial charge >= 0.3 is 12.0 Å². The Labute approximate surface area is 132 Å². The van der Waals surface area contributed by atoms with Crippen molar-refractivity contribution in [1.29, 1.82) is 0 Å². The van der Waals surface area contributed by atoms with E-state index >= 15 is 0 Å². The van der Waals surface area contributed by atoms with Crippen molar-refractivity contribution in [2.45, 2.75) is 57.7 Å². The second kappa shape index (κ2) is 9.63. The van der Waals surface area contributed by atoms with Gasteiger partial charge in [-0.15, -0.1) is 0 Å². The zero-order valence-corrected chi connectivity index (χ0v) is 13.8. The van der Waals surface area contributed by atoms with Crippen LogP contribution in [0, 0.1) is 0 Å². The molecule has 7 nitrogen and oxygen atoms in total. The molecule has 22 heavy (non-hydrogen) atoms. The number of likely N-dealkylation sites (N-methyl/N-ethyl adjacent to an activating group) is 1. The fourth-order valence-electron chi connectivity index (χ4n) is 2.74. The highest BCUT2D eigenvalue weighted by Gasteiger charge is 2.34. The van der Waals surface area contributed by atoms with Gasteiger partial charge in [0.25, 0.3) is 0 Å². The van der Waals surface area contributed by atoms with Crippen LogP contribution in [0.4, 0.5) is 4.79 Å². The Morgan fingerprint density at radius 1 is 1.36 bits per heavy atom. The van der Waals surface area contributed by atoms with Crippen molar-refractivity contribution in [3.63, 3.8) is 0 Å². The number of methoxy groups -OCH3 is 1. The lowest BCUT2D eigenvalue weighted by atomic mass is 9.85. The Balaban J connectivity index is 2.21. The Morgan fingerprint density at radius 2 is 2.05 bits per heavy atom. The minimum absolute atomic E-state index is 0.0519. The largest absolute Gasteiger partial charge is 0.480 e. The highest BCUT2D eigenvalue weighted by molar-refractivity contribution is 5.74. The van der Waals surface area contributed by atoms with E-state index in [9.17, 15) is 9.59 Å². The van der Waals surface area contributed by atoms with E-state index < -0.39 is 5.97 Å². The molecule has 128 valence electrons. The number of nitrogens with one attached hydrogen (secondary N) is 2. The molecule has 0 saturated heterocycles. The molecule has 0 heterocycles. The fourth-order valence-corrected chi connectivity index (χ4v) is 2.74. The molecule has 1 atom stereocenters. The van der Waals surface area contributed by atoms with Crippen molar-refractivity contribution in [3.05, 3.63) is 0 Å². The van der Waals surface area contributed by atoms with Gasteiger partial charge in [-0.25, -0.2) is 4.79 Å². The van der Waals surface area contributed by atoms with Gasteiger partial charge in [0.05, 0.1) is 12.6 Å². The quantitative estimate of drug-likeness (QED) is 0.560. The Kier molecular flexibility index (Phi) is 8.19. The van der Waals surface area contributed by atoms with Gasteiger partial charge in [0.15, 0.2) is 0 Å². The third-order valence-corrected chi connectivity index (χ3v) is 4.14. The number of urea groups is 1. The molecular formula is C15H29N3O4. The third-order valence-electron chi connectivity index (χ3n) is 4.14. The van der Waals surface area contributed by atoms with Gasteiger partial charge in [-0.05, 0) is 25.8 Å². The number of carboxylic acid groups (broad SMARTS) is 1. The highest BCUT2D eigenvalue weighted by atomic mass is 16.5. The third kappa shape index (κ3) is 6.19. The van der Waals surface area contributed by atoms with Gasteiger partial charge in [-0.2, -0.15) is 0 Å². The molecule has 0 bridgehead atoms. The minimum Gasteiger partial charge on any atom is -0.480 e. The number of carbonyl (C=O) groups is 2. The SMILES string of the molecule is CCCC(CNC(=O)NC1CC(N(CC)CC(=O)O)C1)OC. The van der Waals surface area contributed by atoms with Crippen molar-refractivity contribution < 1.29 is 19.4 Å². The first-order valence-corrected chi connectivity index (χ1v) is 8.03. The van der Waals surface area contributed by atoms with Gasteiger partial charge in [0, 0.05) is 25.7 Å². The van der Waals surface area contributed by atoms with E-state index in [0.29, 0.717) is 13.1 Å². The maximum atomic E-state index is 11.8. The molecule has 0 radical (unpaired) electrons. The summed E-state index contributed by atoms with van der Waals surface area (Å²) >= 11 is 0. The zero-order chi connectivity index (χ0) is 16.5. The van der Waals surface area contributed by atoms with Crippen LogP contribution in [0.5, 0.6) is 0 Å². The number of nitrogens with zero attached hydrogens (tertiary/aromatic N) is 1. The lowest BCUT2D eigenvalue weighted by Crippen LogP contribution is -2.56. The number of hydrogen-bond donors (Lipinski definition) is 3. The van der Waals surface area contributed by atoms with Crippen molar-refractivity contribution in [2.24, 2.45) is 0 Å². The molecule has 1 aliphatic carbocycles. The van der Waals surface area contributed by atoms with Crippen LogP contribution < -0.4 is 10.6 Å². The number of hydrogen-bond acceptors (Lipinski definition) is 4. The summed E-state index contributed by atoms with van der Waals surface area (Å²) in [5, 5.41) is 14.6. The van der Waals surface area contributed by atoms with E-state index in [2.05, 4.69) is 17.6 Å². The molecule has 7 heteroatoms. The van der Waals surface area contributed by atoms with Crippen LogP contribution in [0.15, 0.2) is 0 Å². The smallest absolute Gasteiger partial charge is 0.317 e. The van der Waals surface area contributed by atoms with Crippen LogP contribution >= 0.6 is 0 Å². The number of ether oxygens (including phenoxy) is 1.